The van der Waals surface area contributed by atoms with Crippen LogP contribution >= 0.6 is 0 Å². The smallest absolute Gasteiger partial charge is 0.270 e. The molecule has 0 heterocycles. The third kappa shape index (κ3) is 1.71. The van der Waals surface area contributed by atoms with Crippen LogP contribution in [0.5, 0.6) is 0 Å². The molecule has 0 aliphatic rings. The highest BCUT2D eigenvalue weighted by Crippen LogP contribution is 2.40. The quantitative estimate of drug-likeness (QED) is 0.415. The maximum atomic E-state index is 12.6. The van der Waals surface area contributed by atoms with Crippen LogP contribution in [0.1, 0.15) is 0 Å². The second kappa shape index (κ2) is 3.42. The van der Waals surface area contributed by atoms with Crippen LogP contribution in [-0.4, -0.2) is 32.7 Å². The summed E-state index contributed by atoms with van der Waals surface area (Å²) in [5.74, 6) is 0. The van der Waals surface area contributed by atoms with E-state index >= 15 is 0 Å². The molecule has 0 rings (SSSR count). The molecule has 0 saturated carbocycles. The van der Waals surface area contributed by atoms with E-state index in [2.05, 4.69) is 4.18 Å². The Hall–Kier alpha value is -0.770. The fourth-order valence-electron chi connectivity index (χ4n) is 0.466. The molecule has 0 aliphatic carbocycles. The molecule has 4 nitrogen and oxygen atoms in total. The Morgan fingerprint density at radius 3 is 1.64 bits per heavy atom. The van der Waals surface area contributed by atoms with E-state index in [4.69, 9.17) is 0 Å². The first kappa shape index (κ1) is 13.2. The highest BCUT2D eigenvalue weighted by atomic mass is 32.2. The maximum Gasteiger partial charge on any atom is 0.450 e. The lowest BCUT2D eigenvalue weighted by atomic mass is 10.4. The van der Waals surface area contributed by atoms with Gasteiger partial charge >= 0.3 is 27.3 Å². The maximum absolute atomic E-state index is 12.6. The van der Waals surface area contributed by atoms with Crippen LogP contribution < -0.4 is 0 Å². The molecular formula is C4H3F5O4S. The second-order valence-corrected chi connectivity index (χ2v) is 3.79. The van der Waals surface area contributed by atoms with Gasteiger partial charge in [0, 0.05) is 0 Å². The molecular weight excluding hydrogens is 239 g/mol. The zero-order valence-corrected chi connectivity index (χ0v) is 7.25. The molecule has 0 N–H and O–H groups in total. The normalized spacial score (nSPS) is 17.6. The molecule has 0 spiro atoms. The predicted molar refractivity (Wildman–Crippen MR) is 31.9 cm³/mol. The van der Waals surface area contributed by atoms with E-state index < -0.39 is 27.3 Å². The topological polar surface area (TPSA) is 60.4 Å². The van der Waals surface area contributed by atoms with Crippen molar-refractivity contribution in [3.8, 4) is 0 Å². The van der Waals surface area contributed by atoms with E-state index in [0.717, 1.165) is 0 Å². The van der Waals surface area contributed by atoms with Gasteiger partial charge in [0.2, 0.25) is 0 Å². The molecule has 10 heteroatoms. The van der Waals surface area contributed by atoms with Gasteiger partial charge < -0.3 is 0 Å². The van der Waals surface area contributed by atoms with Gasteiger partial charge in [-0.1, -0.05) is 0 Å². The Balaban J connectivity index is 5.71. The van der Waals surface area contributed by atoms with Crippen molar-refractivity contribution in [3.63, 3.8) is 0 Å². The highest BCUT2D eigenvalue weighted by Gasteiger charge is 2.72. The van der Waals surface area contributed by atoms with Crippen molar-refractivity contribution in [3.05, 3.63) is 0 Å². The first-order valence-electron chi connectivity index (χ1n) is 2.76. The third-order valence-electron chi connectivity index (χ3n) is 1.18. The molecule has 0 aromatic heterocycles. The Bertz CT molecular complexity index is 332. The molecule has 1 unspecified atom stereocenters. The summed E-state index contributed by atoms with van der Waals surface area (Å²) in [6.45, 7) is 0. The monoisotopic (exact) mass is 242 g/mol. The third-order valence-corrected chi connectivity index (χ3v) is 2.70. The molecule has 0 fully saturated rings. The molecule has 1 atom stereocenters. The predicted octanol–water partition coefficient (Wildman–Crippen LogP) is 0.687. The number of alkyl halides is 4. The fourth-order valence-corrected chi connectivity index (χ4v) is 1.18. The number of hydrogen-bond acceptors (Lipinski definition) is 4. The van der Waals surface area contributed by atoms with Crippen molar-refractivity contribution in [2.24, 2.45) is 0 Å². The fraction of sp³-hybridized carbons (Fsp3) is 0.750. The van der Waals surface area contributed by atoms with Gasteiger partial charge in [0.05, 0.1) is 7.11 Å². The van der Waals surface area contributed by atoms with Crippen molar-refractivity contribution < 1.29 is 39.3 Å². The largest absolute Gasteiger partial charge is 0.450 e. The Labute approximate surface area is 74.8 Å². The Kier molecular flexibility index (Phi) is 3.23. The summed E-state index contributed by atoms with van der Waals surface area (Å²) in [6.07, 6.45) is -6.24. The Morgan fingerprint density at radius 1 is 1.21 bits per heavy atom. The lowest BCUT2D eigenvalue weighted by Crippen LogP contribution is -2.53. The number of carbonyl (C=O) groups is 1. The minimum Gasteiger partial charge on any atom is -0.270 e. The molecule has 84 valence electrons. The minimum absolute atomic E-state index is 0.165. The van der Waals surface area contributed by atoms with Gasteiger partial charge in [-0.05, 0) is 0 Å². The van der Waals surface area contributed by atoms with Crippen LogP contribution in [0.15, 0.2) is 0 Å². The van der Waals surface area contributed by atoms with E-state index in [1.807, 2.05) is 0 Å². The summed E-state index contributed by atoms with van der Waals surface area (Å²) in [4.78, 5) is 9.70. The molecule has 0 aromatic carbocycles. The first-order valence-corrected chi connectivity index (χ1v) is 4.17. The summed E-state index contributed by atoms with van der Waals surface area (Å²) in [5, 5.41) is -5.67. The van der Waals surface area contributed by atoms with Crippen LogP contribution in [0.3, 0.4) is 0 Å². The number of carbonyl (C=O) groups excluding carboxylic acids is 1. The molecule has 0 aromatic rings. The van der Waals surface area contributed by atoms with Gasteiger partial charge in [0.25, 0.3) is 0 Å². The number of hydrogen-bond donors (Lipinski definition) is 0. The van der Waals surface area contributed by atoms with Crippen LogP contribution in [0, 0.1) is 0 Å². The molecule has 14 heavy (non-hydrogen) atoms. The van der Waals surface area contributed by atoms with Gasteiger partial charge in [0.1, 0.15) is 0 Å². The van der Waals surface area contributed by atoms with E-state index in [1.165, 1.54) is 0 Å². The van der Waals surface area contributed by atoms with Gasteiger partial charge in [0.15, 0.2) is 0 Å². The van der Waals surface area contributed by atoms with Crippen molar-refractivity contribution in [2.45, 2.75) is 11.2 Å². The average molecular weight is 242 g/mol. The summed E-state index contributed by atoms with van der Waals surface area (Å²) < 4.78 is 83.4. The van der Waals surface area contributed by atoms with E-state index in [1.54, 1.807) is 0 Å². The number of rotatable bonds is 3. The molecule has 0 radical (unpaired) electrons. The van der Waals surface area contributed by atoms with Crippen molar-refractivity contribution in [1.82, 2.24) is 0 Å². The van der Waals surface area contributed by atoms with Crippen molar-refractivity contribution in [1.29, 1.82) is 0 Å². The lowest BCUT2D eigenvalue weighted by Gasteiger charge is -2.20. The van der Waals surface area contributed by atoms with Crippen LogP contribution in [0.2, 0.25) is 0 Å². The summed E-state index contributed by atoms with van der Waals surface area (Å²) >= 11 is 0. The van der Waals surface area contributed by atoms with Gasteiger partial charge in [-0.25, -0.2) is 4.39 Å². The standard InChI is InChI=1S/C4H3F5O4S/c1-13-14(11,12)3(6,2(5)10)4(7,8)9/h1H3. The van der Waals surface area contributed by atoms with E-state index in [-0.39, 0.29) is 7.11 Å². The minimum atomic E-state index is -6.24. The Morgan fingerprint density at radius 2 is 1.57 bits per heavy atom. The lowest BCUT2D eigenvalue weighted by molar-refractivity contribution is -0.207. The van der Waals surface area contributed by atoms with E-state index in [0.29, 0.717) is 0 Å². The van der Waals surface area contributed by atoms with E-state index in [9.17, 15) is 35.2 Å². The van der Waals surface area contributed by atoms with Crippen LogP contribution in [0.4, 0.5) is 22.0 Å². The van der Waals surface area contributed by atoms with Gasteiger partial charge in [-0.3, -0.25) is 8.98 Å². The highest BCUT2D eigenvalue weighted by molar-refractivity contribution is 7.88. The summed E-state index contributed by atoms with van der Waals surface area (Å²) in [7, 11) is -5.87. The number of halogens is 5. The summed E-state index contributed by atoms with van der Waals surface area (Å²) in [6, 6.07) is -3.70. The van der Waals surface area contributed by atoms with Crippen molar-refractivity contribution in [2.75, 3.05) is 7.11 Å². The zero-order valence-electron chi connectivity index (χ0n) is 6.43. The van der Waals surface area contributed by atoms with Crippen LogP contribution in [0.25, 0.3) is 0 Å². The first-order chi connectivity index (χ1) is 6.00. The molecule has 0 saturated heterocycles. The summed E-state index contributed by atoms with van der Waals surface area (Å²) in [5.41, 5.74) is 0. The molecule has 0 bridgehead atoms. The average Bonchev–Trinajstić information content (AvgIpc) is 2.00. The molecule has 0 amide bonds. The van der Waals surface area contributed by atoms with Gasteiger partial charge in [-0.15, -0.1) is 0 Å². The molecule has 0 aliphatic heterocycles. The van der Waals surface area contributed by atoms with Gasteiger partial charge in [-0.2, -0.15) is 26.0 Å². The van der Waals surface area contributed by atoms with Crippen molar-refractivity contribution >= 4 is 16.2 Å². The SMILES string of the molecule is COS(=O)(=O)C(F)(C(=O)F)C(F)(F)F. The van der Waals surface area contributed by atoms with Crippen LogP contribution in [-0.2, 0) is 19.1 Å². The zero-order chi connectivity index (χ0) is 11.8. The second-order valence-electron chi connectivity index (χ2n) is 1.99.